The maximum atomic E-state index is 12.2. The van der Waals surface area contributed by atoms with Crippen LogP contribution in [0.4, 0.5) is 0 Å². The Balaban J connectivity index is 1.58. The van der Waals surface area contributed by atoms with Crippen LogP contribution in [-0.2, 0) is 20.8 Å². The van der Waals surface area contributed by atoms with E-state index in [0.29, 0.717) is 16.7 Å². The predicted octanol–water partition coefficient (Wildman–Crippen LogP) is 2.06. The maximum absolute atomic E-state index is 12.2. The van der Waals surface area contributed by atoms with E-state index in [1.165, 1.54) is 20.3 Å². The van der Waals surface area contributed by atoms with E-state index < -0.39 is 30.1 Å². The summed E-state index contributed by atoms with van der Waals surface area (Å²) in [6.45, 7) is -0.412. The van der Waals surface area contributed by atoms with Crippen molar-refractivity contribution in [3.05, 3.63) is 75.6 Å². The molecule has 0 unspecified atom stereocenters. The summed E-state index contributed by atoms with van der Waals surface area (Å²) in [5.41, 5.74) is 0.109. The molecule has 0 bridgehead atoms. The third-order valence-corrected chi connectivity index (χ3v) is 4.36. The Morgan fingerprint density at radius 2 is 1.74 bits per heavy atom. The van der Waals surface area contributed by atoms with Gasteiger partial charge in [0.15, 0.2) is 17.9 Å². The van der Waals surface area contributed by atoms with Crippen LogP contribution in [0.15, 0.2) is 57.7 Å². The number of nitrogens with one attached hydrogen (secondary N) is 1. The number of para-hydroxylation sites is 1. The molecule has 1 amide bonds. The topological polar surface area (TPSA) is 121 Å². The van der Waals surface area contributed by atoms with Gasteiger partial charge in [0.2, 0.25) is 0 Å². The zero-order valence-corrected chi connectivity index (χ0v) is 16.8. The molecule has 3 rings (SSSR count). The Kier molecular flexibility index (Phi) is 6.66. The molecule has 0 saturated carbocycles. The van der Waals surface area contributed by atoms with Crippen molar-refractivity contribution >= 4 is 28.8 Å². The van der Waals surface area contributed by atoms with Gasteiger partial charge >= 0.3 is 17.6 Å². The zero-order chi connectivity index (χ0) is 22.4. The number of esters is 2. The second-order valence-electron chi connectivity index (χ2n) is 6.37. The van der Waals surface area contributed by atoms with Crippen molar-refractivity contribution in [1.82, 2.24) is 5.32 Å². The second-order valence-corrected chi connectivity index (χ2v) is 6.37. The lowest BCUT2D eigenvalue weighted by atomic mass is 10.1. The SMILES string of the molecule is COC(=O)c1ccc(CNC(=O)COC(=O)c2cc3cccc(OC)c3oc2=O)cc1. The third kappa shape index (κ3) is 5.08. The van der Waals surface area contributed by atoms with Gasteiger partial charge in [-0.25, -0.2) is 14.4 Å². The lowest BCUT2D eigenvalue weighted by Crippen LogP contribution is -2.29. The Bertz CT molecular complexity index is 1180. The summed E-state index contributed by atoms with van der Waals surface area (Å²) >= 11 is 0. The number of carbonyl (C=O) groups excluding carboxylic acids is 3. The molecule has 0 aliphatic heterocycles. The van der Waals surface area contributed by atoms with E-state index in [2.05, 4.69) is 10.1 Å². The number of carbonyl (C=O) groups is 3. The van der Waals surface area contributed by atoms with Crippen molar-refractivity contribution in [1.29, 1.82) is 0 Å². The third-order valence-electron chi connectivity index (χ3n) is 4.36. The van der Waals surface area contributed by atoms with Crippen LogP contribution in [0.1, 0.15) is 26.3 Å². The van der Waals surface area contributed by atoms with Gasteiger partial charge in [0, 0.05) is 11.9 Å². The monoisotopic (exact) mass is 425 g/mol. The summed E-state index contributed by atoms with van der Waals surface area (Å²) in [5, 5.41) is 3.05. The van der Waals surface area contributed by atoms with E-state index in [-0.39, 0.29) is 17.7 Å². The molecule has 0 aliphatic rings. The molecular formula is C22H19NO8. The fraction of sp³-hybridized carbons (Fsp3) is 0.182. The van der Waals surface area contributed by atoms with Crippen molar-refractivity contribution in [3.8, 4) is 5.75 Å². The van der Waals surface area contributed by atoms with Crippen LogP contribution in [0.25, 0.3) is 11.0 Å². The molecule has 31 heavy (non-hydrogen) atoms. The molecule has 0 atom stereocenters. The standard InChI is InChI=1S/C22H19NO8/c1-28-17-5-3-4-15-10-16(22(27)31-19(15)17)21(26)30-12-18(24)23-11-13-6-8-14(9-7-13)20(25)29-2/h3-10H,11-12H2,1-2H3,(H,23,24). The van der Waals surface area contributed by atoms with E-state index in [0.717, 1.165) is 5.56 Å². The average molecular weight is 425 g/mol. The van der Waals surface area contributed by atoms with E-state index in [9.17, 15) is 19.2 Å². The lowest BCUT2D eigenvalue weighted by Gasteiger charge is -2.08. The average Bonchev–Trinajstić information content (AvgIpc) is 2.80. The fourth-order valence-corrected chi connectivity index (χ4v) is 2.76. The molecule has 9 nitrogen and oxygen atoms in total. The summed E-state index contributed by atoms with van der Waals surface area (Å²) < 4.78 is 19.8. The number of hydrogen-bond donors (Lipinski definition) is 1. The maximum Gasteiger partial charge on any atom is 0.351 e. The Morgan fingerprint density at radius 3 is 2.42 bits per heavy atom. The first-order valence-corrected chi connectivity index (χ1v) is 9.15. The summed E-state index contributed by atoms with van der Waals surface area (Å²) in [5.74, 6) is -1.64. The molecule has 1 heterocycles. The first-order chi connectivity index (χ1) is 14.9. The Labute approximate surface area is 176 Å². The van der Waals surface area contributed by atoms with Crippen molar-refractivity contribution in [2.75, 3.05) is 20.8 Å². The van der Waals surface area contributed by atoms with Gasteiger partial charge in [0.05, 0.1) is 19.8 Å². The molecule has 0 spiro atoms. The van der Waals surface area contributed by atoms with E-state index in [1.54, 1.807) is 42.5 Å². The minimum atomic E-state index is -0.976. The van der Waals surface area contributed by atoms with Crippen LogP contribution < -0.4 is 15.7 Å². The van der Waals surface area contributed by atoms with Crippen LogP contribution in [0.3, 0.4) is 0 Å². The summed E-state index contributed by atoms with van der Waals surface area (Å²) in [6, 6.07) is 12.7. The first kappa shape index (κ1) is 21.6. The van der Waals surface area contributed by atoms with Gasteiger partial charge < -0.3 is 23.9 Å². The van der Waals surface area contributed by atoms with Crippen molar-refractivity contribution in [3.63, 3.8) is 0 Å². The van der Waals surface area contributed by atoms with Crippen molar-refractivity contribution < 1.29 is 33.0 Å². The predicted molar refractivity (Wildman–Crippen MR) is 109 cm³/mol. The molecule has 0 aliphatic carbocycles. The number of hydrogen-bond acceptors (Lipinski definition) is 8. The molecule has 9 heteroatoms. The van der Waals surface area contributed by atoms with Gasteiger partial charge in [-0.2, -0.15) is 0 Å². The van der Waals surface area contributed by atoms with E-state index in [1.807, 2.05) is 0 Å². The van der Waals surface area contributed by atoms with Gasteiger partial charge in [0.1, 0.15) is 5.56 Å². The highest BCUT2D eigenvalue weighted by Gasteiger charge is 2.18. The van der Waals surface area contributed by atoms with Crippen molar-refractivity contribution in [2.45, 2.75) is 6.54 Å². The molecular weight excluding hydrogens is 406 g/mol. The molecule has 0 fully saturated rings. The first-order valence-electron chi connectivity index (χ1n) is 9.15. The van der Waals surface area contributed by atoms with Crippen molar-refractivity contribution in [2.24, 2.45) is 0 Å². The molecule has 0 radical (unpaired) electrons. The molecule has 0 saturated heterocycles. The molecule has 3 aromatic rings. The highest BCUT2D eigenvalue weighted by atomic mass is 16.5. The zero-order valence-electron chi connectivity index (χ0n) is 16.8. The molecule has 2 aromatic carbocycles. The minimum absolute atomic E-state index is 0.162. The molecule has 1 aromatic heterocycles. The Hall–Kier alpha value is -4.14. The van der Waals surface area contributed by atoms with Gasteiger partial charge in [0.25, 0.3) is 5.91 Å². The van der Waals surface area contributed by atoms with Crippen LogP contribution >= 0.6 is 0 Å². The number of methoxy groups -OCH3 is 2. The van der Waals surface area contributed by atoms with Crippen LogP contribution in [0, 0.1) is 0 Å². The fourth-order valence-electron chi connectivity index (χ4n) is 2.76. The number of fused-ring (bicyclic) bond motifs is 1. The minimum Gasteiger partial charge on any atom is -0.493 e. The van der Waals surface area contributed by atoms with Gasteiger partial charge in [-0.1, -0.05) is 24.3 Å². The number of ether oxygens (including phenoxy) is 3. The van der Waals surface area contributed by atoms with Gasteiger partial charge in [-0.05, 0) is 29.8 Å². The number of benzene rings is 2. The largest absolute Gasteiger partial charge is 0.493 e. The molecule has 160 valence electrons. The quantitative estimate of drug-likeness (QED) is 0.451. The van der Waals surface area contributed by atoms with Gasteiger partial charge in [-0.15, -0.1) is 0 Å². The van der Waals surface area contributed by atoms with E-state index in [4.69, 9.17) is 13.9 Å². The highest BCUT2D eigenvalue weighted by molar-refractivity contribution is 5.95. The smallest absolute Gasteiger partial charge is 0.351 e. The Morgan fingerprint density at radius 1 is 1.00 bits per heavy atom. The highest BCUT2D eigenvalue weighted by Crippen LogP contribution is 2.24. The molecule has 1 N–H and O–H groups in total. The summed E-state index contributed by atoms with van der Waals surface area (Å²) in [4.78, 5) is 47.8. The van der Waals surface area contributed by atoms with Crippen LogP contribution in [0.2, 0.25) is 0 Å². The lowest BCUT2D eigenvalue weighted by molar-refractivity contribution is -0.124. The van der Waals surface area contributed by atoms with Crippen LogP contribution in [-0.4, -0.2) is 38.7 Å². The second kappa shape index (κ2) is 9.57. The summed E-state index contributed by atoms with van der Waals surface area (Å²) in [7, 11) is 2.72. The van der Waals surface area contributed by atoms with Gasteiger partial charge in [-0.3, -0.25) is 4.79 Å². The number of rotatable bonds is 7. The van der Waals surface area contributed by atoms with Crippen LogP contribution in [0.5, 0.6) is 5.75 Å². The normalized spacial score (nSPS) is 10.4. The number of amides is 1. The van der Waals surface area contributed by atoms with E-state index >= 15 is 0 Å². The summed E-state index contributed by atoms with van der Waals surface area (Å²) in [6.07, 6.45) is 0.